The van der Waals surface area contributed by atoms with E-state index in [2.05, 4.69) is 4.98 Å². The average Bonchev–Trinajstić information content (AvgIpc) is 3.15. The van der Waals surface area contributed by atoms with E-state index in [0.29, 0.717) is 16.7 Å². The molecule has 0 spiro atoms. The van der Waals surface area contributed by atoms with E-state index in [1.54, 1.807) is 12.1 Å². The number of hydrogen-bond donors (Lipinski definition) is 2. The number of benzene rings is 2. The van der Waals surface area contributed by atoms with E-state index < -0.39 is 22.0 Å². The van der Waals surface area contributed by atoms with Crippen molar-refractivity contribution in [2.75, 3.05) is 26.3 Å². The summed E-state index contributed by atoms with van der Waals surface area (Å²) in [6, 6.07) is 14.5. The van der Waals surface area contributed by atoms with Gasteiger partial charge in [-0.15, -0.1) is 0 Å². The zero-order valence-electron chi connectivity index (χ0n) is 16.5. The van der Waals surface area contributed by atoms with Crippen molar-refractivity contribution in [3.8, 4) is 5.75 Å². The molecule has 3 aromatic rings. The molecule has 8 nitrogen and oxygen atoms in total. The van der Waals surface area contributed by atoms with Gasteiger partial charge in [0.05, 0.1) is 12.1 Å². The third kappa shape index (κ3) is 3.79. The Hall–Kier alpha value is -2.88. The van der Waals surface area contributed by atoms with Crippen LogP contribution in [0.3, 0.4) is 0 Å². The van der Waals surface area contributed by atoms with E-state index in [-0.39, 0.29) is 36.9 Å². The molecule has 1 atom stereocenters. The number of aromatic nitrogens is 1. The lowest BCUT2D eigenvalue weighted by Crippen LogP contribution is -2.47. The van der Waals surface area contributed by atoms with Crippen LogP contribution in [0.15, 0.2) is 53.4 Å². The van der Waals surface area contributed by atoms with Gasteiger partial charge in [-0.2, -0.15) is 4.31 Å². The molecule has 2 heterocycles. The van der Waals surface area contributed by atoms with Gasteiger partial charge in [0.15, 0.2) is 0 Å². The van der Waals surface area contributed by atoms with E-state index in [1.165, 1.54) is 4.31 Å². The second kappa shape index (κ2) is 8.10. The van der Waals surface area contributed by atoms with Crippen LogP contribution in [0.5, 0.6) is 5.75 Å². The van der Waals surface area contributed by atoms with Gasteiger partial charge in [0.25, 0.3) is 5.91 Å². The highest BCUT2D eigenvalue weighted by atomic mass is 32.2. The molecule has 3 N–H and O–H groups in total. The number of sulfonamides is 1. The molecule has 0 radical (unpaired) electrons. The number of H-pyrrole nitrogens is 1. The summed E-state index contributed by atoms with van der Waals surface area (Å²) in [6.07, 6.45) is -0.433. The molecule has 1 aliphatic rings. The molecule has 158 valence electrons. The van der Waals surface area contributed by atoms with Gasteiger partial charge >= 0.3 is 0 Å². The first-order chi connectivity index (χ1) is 14.4. The highest BCUT2D eigenvalue weighted by molar-refractivity contribution is 7.89. The average molecular weight is 429 g/mol. The number of ether oxygens (including phenoxy) is 2. The number of aromatic amines is 1. The van der Waals surface area contributed by atoms with Crippen LogP contribution < -0.4 is 10.5 Å². The third-order valence-electron chi connectivity index (χ3n) is 5.12. The maximum Gasteiger partial charge on any atom is 0.266 e. The molecule has 0 saturated carbocycles. The first-order valence-electron chi connectivity index (χ1n) is 9.58. The summed E-state index contributed by atoms with van der Waals surface area (Å²) in [7, 11) is -3.99. The van der Waals surface area contributed by atoms with Crippen LogP contribution in [0.4, 0.5) is 0 Å². The van der Waals surface area contributed by atoms with Gasteiger partial charge in [-0.05, 0) is 24.6 Å². The van der Waals surface area contributed by atoms with Crippen molar-refractivity contribution in [3.63, 3.8) is 0 Å². The van der Waals surface area contributed by atoms with E-state index >= 15 is 0 Å². The zero-order valence-corrected chi connectivity index (χ0v) is 17.3. The van der Waals surface area contributed by atoms with Crippen molar-refractivity contribution < 1.29 is 22.7 Å². The van der Waals surface area contributed by atoms with Crippen molar-refractivity contribution >= 4 is 26.8 Å². The summed E-state index contributed by atoms with van der Waals surface area (Å²) in [6.45, 7) is 2.58. The quantitative estimate of drug-likeness (QED) is 0.622. The number of fused-ring (bicyclic) bond motifs is 1. The SMILES string of the molecule is Cc1cccc2c(S(=O)(=O)N3CCO[C@H](COc4ccccc4)C3)c(C(N)=O)[nH]c12. The van der Waals surface area contributed by atoms with Crippen molar-refractivity contribution in [1.82, 2.24) is 9.29 Å². The van der Waals surface area contributed by atoms with Gasteiger partial charge < -0.3 is 20.2 Å². The number of amides is 1. The van der Waals surface area contributed by atoms with Gasteiger partial charge in [0.2, 0.25) is 10.0 Å². The lowest BCUT2D eigenvalue weighted by molar-refractivity contribution is -0.0249. The number of morpholine rings is 1. The fraction of sp³-hybridized carbons (Fsp3) is 0.286. The maximum atomic E-state index is 13.5. The number of hydrogen-bond acceptors (Lipinski definition) is 5. The van der Waals surface area contributed by atoms with Crippen LogP contribution in [0, 0.1) is 6.92 Å². The van der Waals surface area contributed by atoms with Crippen molar-refractivity contribution in [3.05, 3.63) is 59.8 Å². The summed E-state index contributed by atoms with van der Waals surface area (Å²) in [5.41, 5.74) is 6.80. The molecule has 0 unspecified atom stereocenters. The Labute approximate surface area is 174 Å². The van der Waals surface area contributed by atoms with Crippen LogP contribution in [0.2, 0.25) is 0 Å². The van der Waals surface area contributed by atoms with Crippen LogP contribution >= 0.6 is 0 Å². The van der Waals surface area contributed by atoms with Crippen molar-refractivity contribution in [2.24, 2.45) is 5.73 Å². The lowest BCUT2D eigenvalue weighted by Gasteiger charge is -2.32. The zero-order chi connectivity index (χ0) is 21.3. The molecule has 1 amide bonds. The van der Waals surface area contributed by atoms with Gasteiger partial charge in [0.1, 0.15) is 29.0 Å². The number of nitrogens with one attached hydrogen (secondary N) is 1. The summed E-state index contributed by atoms with van der Waals surface area (Å²) >= 11 is 0. The van der Waals surface area contributed by atoms with E-state index in [0.717, 1.165) is 5.56 Å². The van der Waals surface area contributed by atoms with Crippen LogP contribution in [-0.2, 0) is 14.8 Å². The van der Waals surface area contributed by atoms with Crippen LogP contribution in [-0.4, -0.2) is 56.0 Å². The van der Waals surface area contributed by atoms with Crippen LogP contribution in [0.1, 0.15) is 16.1 Å². The minimum Gasteiger partial charge on any atom is -0.491 e. The van der Waals surface area contributed by atoms with Gasteiger partial charge in [0, 0.05) is 18.5 Å². The fourth-order valence-electron chi connectivity index (χ4n) is 3.63. The molecular weight excluding hydrogens is 406 g/mol. The second-order valence-corrected chi connectivity index (χ2v) is 9.05. The maximum absolute atomic E-state index is 13.5. The molecule has 30 heavy (non-hydrogen) atoms. The number of para-hydroxylation sites is 2. The number of nitrogens with zero attached hydrogens (tertiary/aromatic N) is 1. The second-order valence-electron chi connectivity index (χ2n) is 7.17. The monoisotopic (exact) mass is 429 g/mol. The molecule has 0 aliphatic carbocycles. The fourth-order valence-corrected chi connectivity index (χ4v) is 5.42. The Kier molecular flexibility index (Phi) is 5.50. The normalized spacial score (nSPS) is 17.8. The first-order valence-corrected chi connectivity index (χ1v) is 11.0. The Morgan fingerprint density at radius 1 is 1.23 bits per heavy atom. The highest BCUT2D eigenvalue weighted by Gasteiger charge is 2.36. The molecule has 4 rings (SSSR count). The molecule has 0 bridgehead atoms. The number of aryl methyl sites for hydroxylation is 1. The largest absolute Gasteiger partial charge is 0.491 e. The molecular formula is C21H23N3O5S. The van der Waals surface area contributed by atoms with Crippen molar-refractivity contribution in [2.45, 2.75) is 17.9 Å². The standard InChI is InChI=1S/C21H23N3O5S/c1-14-6-5-9-17-18(14)23-19(21(22)25)20(17)30(26,27)24-10-11-28-16(12-24)13-29-15-7-3-2-4-8-15/h2-9,16,23H,10-13H2,1H3,(H2,22,25)/t16-/m0/s1. The molecule has 9 heteroatoms. The summed E-state index contributed by atoms with van der Waals surface area (Å²) in [5.74, 6) is -0.134. The summed E-state index contributed by atoms with van der Waals surface area (Å²) in [4.78, 5) is 14.8. The predicted octanol–water partition coefficient (Wildman–Crippen LogP) is 2.04. The molecule has 1 aliphatic heterocycles. The highest BCUT2D eigenvalue weighted by Crippen LogP contribution is 2.32. The Morgan fingerprint density at radius 3 is 2.73 bits per heavy atom. The van der Waals surface area contributed by atoms with Gasteiger partial charge in [-0.25, -0.2) is 8.42 Å². The molecule has 1 fully saturated rings. The Balaban J connectivity index is 1.62. The first kappa shape index (κ1) is 20.4. The number of carbonyl (C=O) groups excluding carboxylic acids is 1. The van der Waals surface area contributed by atoms with Gasteiger partial charge in [-0.3, -0.25) is 4.79 Å². The summed E-state index contributed by atoms with van der Waals surface area (Å²) < 4.78 is 39.8. The minimum atomic E-state index is -3.99. The molecule has 2 aromatic carbocycles. The number of primary amides is 1. The number of carbonyl (C=O) groups is 1. The summed E-state index contributed by atoms with van der Waals surface area (Å²) in [5, 5.41) is 0.451. The van der Waals surface area contributed by atoms with E-state index in [9.17, 15) is 13.2 Å². The number of rotatable bonds is 6. The lowest BCUT2D eigenvalue weighted by atomic mass is 10.2. The van der Waals surface area contributed by atoms with Crippen LogP contribution in [0.25, 0.3) is 10.9 Å². The Morgan fingerprint density at radius 2 is 2.00 bits per heavy atom. The smallest absolute Gasteiger partial charge is 0.266 e. The van der Waals surface area contributed by atoms with Gasteiger partial charge in [-0.1, -0.05) is 36.4 Å². The Bertz CT molecular complexity index is 1170. The topological polar surface area (TPSA) is 115 Å². The molecule has 1 aromatic heterocycles. The van der Waals surface area contributed by atoms with E-state index in [4.69, 9.17) is 15.2 Å². The van der Waals surface area contributed by atoms with E-state index in [1.807, 2.05) is 43.3 Å². The molecule has 1 saturated heterocycles. The minimum absolute atomic E-state index is 0.0849. The third-order valence-corrected chi connectivity index (χ3v) is 7.07. The van der Waals surface area contributed by atoms with Crippen molar-refractivity contribution in [1.29, 1.82) is 0 Å². The number of nitrogens with two attached hydrogens (primary N) is 1. The predicted molar refractivity (Wildman–Crippen MR) is 112 cm³/mol.